The molecule has 0 saturated carbocycles. The van der Waals surface area contributed by atoms with Crippen molar-refractivity contribution in [1.82, 2.24) is 0 Å². The van der Waals surface area contributed by atoms with Crippen LogP contribution in [0, 0.1) is 0 Å². The average molecular weight is 290 g/mol. The first-order valence-corrected chi connectivity index (χ1v) is 6.79. The van der Waals surface area contributed by atoms with Crippen LogP contribution in [0.5, 0.6) is 5.75 Å². The number of methoxy groups -OCH3 is 2. The molecule has 112 valence electrons. The molecule has 0 amide bonds. The molecule has 0 fully saturated rings. The van der Waals surface area contributed by atoms with Crippen LogP contribution in [0.2, 0.25) is 0 Å². The van der Waals surface area contributed by atoms with Gasteiger partial charge in [-0.2, -0.15) is 0 Å². The van der Waals surface area contributed by atoms with E-state index in [4.69, 9.17) is 9.47 Å². The third kappa shape index (κ3) is 3.62. The Hall–Kier alpha value is -2.30. The number of ether oxygens (including phenoxy) is 3. The lowest BCUT2D eigenvalue weighted by Gasteiger charge is -2.19. The minimum atomic E-state index is -0.597. The number of hydrogen-bond acceptors (Lipinski definition) is 5. The van der Waals surface area contributed by atoms with Crippen LogP contribution in [-0.4, -0.2) is 32.3 Å². The first kappa shape index (κ1) is 15.1. The maximum absolute atomic E-state index is 11.8. The van der Waals surface area contributed by atoms with Crippen LogP contribution in [0.3, 0.4) is 0 Å². The predicted octanol–water partition coefficient (Wildman–Crippen LogP) is 2.75. The van der Waals surface area contributed by atoms with Gasteiger partial charge in [-0.05, 0) is 43.5 Å². The van der Waals surface area contributed by atoms with Crippen LogP contribution in [0.15, 0.2) is 30.4 Å². The Morgan fingerprint density at radius 2 is 1.81 bits per heavy atom. The minimum absolute atomic E-state index is 0.00627. The highest BCUT2D eigenvalue weighted by Crippen LogP contribution is 2.23. The predicted molar refractivity (Wildman–Crippen MR) is 76.5 cm³/mol. The van der Waals surface area contributed by atoms with Gasteiger partial charge in [0.25, 0.3) is 0 Å². The molecule has 1 unspecified atom stereocenters. The molecule has 0 aliphatic heterocycles. The smallest absolute Gasteiger partial charge is 0.338 e. The van der Waals surface area contributed by atoms with Gasteiger partial charge in [-0.3, -0.25) is 0 Å². The fourth-order valence-electron chi connectivity index (χ4n) is 2.22. The lowest BCUT2D eigenvalue weighted by Crippen LogP contribution is -2.17. The molecule has 1 aliphatic carbocycles. The third-order valence-electron chi connectivity index (χ3n) is 3.30. The van der Waals surface area contributed by atoms with Gasteiger partial charge in [0.15, 0.2) is 0 Å². The zero-order chi connectivity index (χ0) is 15.2. The highest BCUT2D eigenvalue weighted by atomic mass is 16.5. The van der Waals surface area contributed by atoms with Crippen LogP contribution in [0.25, 0.3) is 0 Å². The number of rotatable bonds is 4. The van der Waals surface area contributed by atoms with Gasteiger partial charge in [0.1, 0.15) is 11.9 Å². The van der Waals surface area contributed by atoms with Crippen molar-refractivity contribution >= 4 is 11.9 Å². The molecule has 21 heavy (non-hydrogen) atoms. The molecule has 0 saturated heterocycles. The lowest BCUT2D eigenvalue weighted by molar-refractivity contribution is 0.0554. The second-order valence-corrected chi connectivity index (χ2v) is 4.71. The number of hydrogen-bond donors (Lipinski definition) is 0. The Morgan fingerprint density at radius 3 is 2.43 bits per heavy atom. The summed E-state index contributed by atoms with van der Waals surface area (Å²) in [5.41, 5.74) is 0.303. The van der Waals surface area contributed by atoms with Gasteiger partial charge in [0, 0.05) is 0 Å². The molecule has 1 aromatic rings. The molecule has 0 aromatic heterocycles. The molecule has 1 aliphatic rings. The molecule has 0 bridgehead atoms. The largest absolute Gasteiger partial charge is 0.486 e. The van der Waals surface area contributed by atoms with Crippen LogP contribution in [0.4, 0.5) is 0 Å². The summed E-state index contributed by atoms with van der Waals surface area (Å²) in [7, 11) is 2.53. The van der Waals surface area contributed by atoms with Gasteiger partial charge in [-0.15, -0.1) is 0 Å². The molecule has 5 nitrogen and oxygen atoms in total. The zero-order valence-corrected chi connectivity index (χ0v) is 12.1. The molecule has 0 N–H and O–H groups in total. The normalized spacial score (nSPS) is 17.1. The first-order chi connectivity index (χ1) is 10.2. The number of allylic oxidation sites excluding steroid dienone is 1. The Labute approximate surface area is 123 Å². The van der Waals surface area contributed by atoms with Crippen molar-refractivity contribution in [2.45, 2.75) is 25.4 Å². The number of benzene rings is 1. The van der Waals surface area contributed by atoms with Gasteiger partial charge < -0.3 is 14.2 Å². The average Bonchev–Trinajstić information content (AvgIpc) is 2.54. The minimum Gasteiger partial charge on any atom is -0.486 e. The van der Waals surface area contributed by atoms with E-state index in [1.165, 1.54) is 26.4 Å². The maximum Gasteiger partial charge on any atom is 0.338 e. The number of carbonyl (C=O) groups excluding carboxylic acids is 2. The molecule has 1 aromatic carbocycles. The SMILES string of the molecule is COC(=O)c1ccc(OC2C=CCCC2)cc1C(=O)OC. The Kier molecular flexibility index (Phi) is 4.98. The van der Waals surface area contributed by atoms with Crippen molar-refractivity contribution in [2.24, 2.45) is 0 Å². The highest BCUT2D eigenvalue weighted by molar-refractivity contribution is 6.03. The molecule has 1 atom stereocenters. The molecular formula is C16H18O5. The van der Waals surface area contributed by atoms with E-state index in [-0.39, 0.29) is 17.2 Å². The Morgan fingerprint density at radius 1 is 1.10 bits per heavy atom. The van der Waals surface area contributed by atoms with Gasteiger partial charge in [0.05, 0.1) is 25.3 Å². The summed E-state index contributed by atoms with van der Waals surface area (Å²) >= 11 is 0. The van der Waals surface area contributed by atoms with E-state index in [1.807, 2.05) is 6.08 Å². The molecule has 0 heterocycles. The van der Waals surface area contributed by atoms with Crippen LogP contribution < -0.4 is 4.74 Å². The Balaban J connectivity index is 2.27. The maximum atomic E-state index is 11.8. The second-order valence-electron chi connectivity index (χ2n) is 4.71. The van der Waals surface area contributed by atoms with Gasteiger partial charge in [-0.25, -0.2) is 9.59 Å². The van der Waals surface area contributed by atoms with Crippen molar-refractivity contribution in [3.8, 4) is 5.75 Å². The topological polar surface area (TPSA) is 61.8 Å². The quantitative estimate of drug-likeness (QED) is 0.630. The van der Waals surface area contributed by atoms with E-state index < -0.39 is 11.9 Å². The fourth-order valence-corrected chi connectivity index (χ4v) is 2.22. The lowest BCUT2D eigenvalue weighted by atomic mass is 10.0. The van der Waals surface area contributed by atoms with Crippen LogP contribution >= 0.6 is 0 Å². The summed E-state index contributed by atoms with van der Waals surface area (Å²) in [6.07, 6.45) is 7.16. The van der Waals surface area contributed by atoms with Crippen molar-refractivity contribution in [1.29, 1.82) is 0 Å². The van der Waals surface area contributed by atoms with E-state index in [9.17, 15) is 9.59 Å². The molecular weight excluding hydrogens is 272 g/mol. The van der Waals surface area contributed by atoms with E-state index >= 15 is 0 Å². The summed E-state index contributed by atoms with van der Waals surface area (Å²) in [5.74, 6) is -0.654. The molecule has 2 rings (SSSR count). The van der Waals surface area contributed by atoms with E-state index in [1.54, 1.807) is 6.07 Å². The standard InChI is InChI=1S/C16H18O5/c1-19-15(17)13-9-8-12(10-14(13)16(18)20-2)21-11-6-4-3-5-7-11/h4,6,8-11H,3,5,7H2,1-2H3. The summed E-state index contributed by atoms with van der Waals surface area (Å²) < 4.78 is 15.2. The van der Waals surface area contributed by atoms with E-state index in [0.29, 0.717) is 5.75 Å². The van der Waals surface area contributed by atoms with Gasteiger partial charge >= 0.3 is 11.9 Å². The number of carbonyl (C=O) groups is 2. The van der Waals surface area contributed by atoms with E-state index in [0.717, 1.165) is 19.3 Å². The van der Waals surface area contributed by atoms with Crippen molar-refractivity contribution in [3.05, 3.63) is 41.5 Å². The first-order valence-electron chi connectivity index (χ1n) is 6.79. The molecule has 5 heteroatoms. The summed E-state index contributed by atoms with van der Waals surface area (Å²) in [6, 6.07) is 4.68. The van der Waals surface area contributed by atoms with Gasteiger partial charge in [-0.1, -0.05) is 6.08 Å². The van der Waals surface area contributed by atoms with Gasteiger partial charge in [0.2, 0.25) is 0 Å². The number of esters is 2. The third-order valence-corrected chi connectivity index (χ3v) is 3.30. The second kappa shape index (κ2) is 6.92. The molecule has 0 radical (unpaired) electrons. The fraction of sp³-hybridized carbons (Fsp3) is 0.375. The van der Waals surface area contributed by atoms with Crippen LogP contribution in [-0.2, 0) is 9.47 Å². The summed E-state index contributed by atoms with van der Waals surface area (Å²) in [6.45, 7) is 0. The molecule has 0 spiro atoms. The summed E-state index contributed by atoms with van der Waals surface area (Å²) in [4.78, 5) is 23.5. The van der Waals surface area contributed by atoms with Crippen molar-refractivity contribution in [3.63, 3.8) is 0 Å². The summed E-state index contributed by atoms with van der Waals surface area (Å²) in [5, 5.41) is 0. The zero-order valence-electron chi connectivity index (χ0n) is 12.1. The van der Waals surface area contributed by atoms with Crippen molar-refractivity contribution in [2.75, 3.05) is 14.2 Å². The van der Waals surface area contributed by atoms with Crippen LogP contribution in [0.1, 0.15) is 40.0 Å². The highest BCUT2D eigenvalue weighted by Gasteiger charge is 2.20. The van der Waals surface area contributed by atoms with E-state index in [2.05, 4.69) is 10.8 Å². The monoisotopic (exact) mass is 290 g/mol. The van der Waals surface area contributed by atoms with Crippen molar-refractivity contribution < 1.29 is 23.8 Å². The Bertz CT molecular complexity index is 562.